The molecule has 2 aromatic rings. The minimum atomic E-state index is -0.260. The Labute approximate surface area is 178 Å². The molecule has 1 atom stereocenters. The Balaban J connectivity index is 1.67. The molecule has 1 aliphatic heterocycles. The van der Waals surface area contributed by atoms with E-state index >= 15 is 0 Å². The van der Waals surface area contributed by atoms with Gasteiger partial charge in [0.25, 0.3) is 0 Å². The maximum absolute atomic E-state index is 12.5. The maximum Gasteiger partial charge on any atom is 0.248 e. The number of carbonyl (C=O) groups is 1. The zero-order valence-electron chi connectivity index (χ0n) is 15.2. The second kappa shape index (κ2) is 9.61. The largest absolute Gasteiger partial charge is 0.390 e. The molecule has 1 amide bonds. The monoisotopic (exact) mass is 440 g/mol. The fraction of sp³-hybridized carbons (Fsp3) is 0.300. The van der Waals surface area contributed by atoms with Gasteiger partial charge in [0.15, 0.2) is 6.10 Å². The third-order valence-corrected chi connectivity index (χ3v) is 5.27. The highest BCUT2D eigenvalue weighted by atomic mass is 35.5. The van der Waals surface area contributed by atoms with Gasteiger partial charge in [-0.2, -0.15) is 0 Å². The van der Waals surface area contributed by atoms with Gasteiger partial charge in [-0.15, -0.1) is 0 Å². The van der Waals surface area contributed by atoms with Crippen molar-refractivity contribution in [2.24, 2.45) is 5.16 Å². The summed E-state index contributed by atoms with van der Waals surface area (Å²) in [6, 6.07) is 12.7. The van der Waals surface area contributed by atoms with E-state index in [1.807, 2.05) is 24.3 Å². The fourth-order valence-corrected chi connectivity index (χ4v) is 3.45. The number of hydrogen-bond donors (Lipinski definition) is 0. The number of ether oxygens (including phenoxy) is 1. The third kappa shape index (κ3) is 5.39. The Morgan fingerprint density at radius 2 is 2.04 bits per heavy atom. The van der Waals surface area contributed by atoms with E-state index in [1.54, 1.807) is 23.1 Å². The maximum atomic E-state index is 12.5. The number of rotatable bonds is 7. The van der Waals surface area contributed by atoms with Crippen LogP contribution in [0.3, 0.4) is 0 Å². The van der Waals surface area contributed by atoms with Gasteiger partial charge in [-0.05, 0) is 29.8 Å². The van der Waals surface area contributed by atoms with Gasteiger partial charge in [-0.25, -0.2) is 0 Å². The Morgan fingerprint density at radius 3 is 2.75 bits per heavy atom. The standard InChI is InChI=1S/C20H19Cl3N2O3/c1-27-12-20(26)25(10-13-3-2-4-15(21)7-13)11-16-9-19(24-28-16)14-5-6-17(22)18(23)8-14/h2-8,16H,9-12H2,1H3/t16-/m0/s1. The van der Waals surface area contributed by atoms with Crippen molar-refractivity contribution in [1.29, 1.82) is 0 Å². The first-order valence-corrected chi connectivity index (χ1v) is 9.79. The molecular weight excluding hydrogens is 423 g/mol. The first kappa shape index (κ1) is 20.9. The van der Waals surface area contributed by atoms with Gasteiger partial charge in [0.1, 0.15) is 6.61 Å². The lowest BCUT2D eigenvalue weighted by atomic mass is 10.0. The van der Waals surface area contributed by atoms with E-state index in [0.29, 0.717) is 34.6 Å². The summed E-state index contributed by atoms with van der Waals surface area (Å²) in [6.45, 7) is 0.779. The molecule has 0 N–H and O–H groups in total. The quantitative estimate of drug-likeness (QED) is 0.619. The Hall–Kier alpha value is -1.79. The van der Waals surface area contributed by atoms with Crippen LogP contribution in [-0.4, -0.2) is 42.9 Å². The molecular formula is C20H19Cl3N2O3. The lowest BCUT2D eigenvalue weighted by Crippen LogP contribution is -2.39. The highest BCUT2D eigenvalue weighted by molar-refractivity contribution is 6.42. The van der Waals surface area contributed by atoms with E-state index in [1.165, 1.54) is 7.11 Å². The Morgan fingerprint density at radius 1 is 1.21 bits per heavy atom. The van der Waals surface area contributed by atoms with E-state index in [0.717, 1.165) is 16.8 Å². The highest BCUT2D eigenvalue weighted by Gasteiger charge is 2.27. The molecule has 0 fully saturated rings. The molecule has 1 heterocycles. The topological polar surface area (TPSA) is 51.1 Å². The summed E-state index contributed by atoms with van der Waals surface area (Å²) in [7, 11) is 1.49. The van der Waals surface area contributed by atoms with Gasteiger partial charge in [-0.1, -0.05) is 58.2 Å². The molecule has 0 saturated heterocycles. The summed E-state index contributed by atoms with van der Waals surface area (Å²) >= 11 is 18.1. The van der Waals surface area contributed by atoms with Gasteiger partial charge in [0.2, 0.25) is 5.91 Å². The normalized spacial score (nSPS) is 15.9. The van der Waals surface area contributed by atoms with Crippen molar-refractivity contribution < 1.29 is 14.4 Å². The highest BCUT2D eigenvalue weighted by Crippen LogP contribution is 2.26. The van der Waals surface area contributed by atoms with Crippen molar-refractivity contribution in [1.82, 2.24) is 4.90 Å². The first-order chi connectivity index (χ1) is 13.5. The second-order valence-electron chi connectivity index (χ2n) is 6.44. The molecule has 0 saturated carbocycles. The molecule has 2 aromatic carbocycles. The summed E-state index contributed by atoms with van der Waals surface area (Å²) in [6.07, 6.45) is 0.300. The van der Waals surface area contributed by atoms with E-state index in [-0.39, 0.29) is 18.6 Å². The first-order valence-electron chi connectivity index (χ1n) is 8.65. The van der Waals surface area contributed by atoms with E-state index < -0.39 is 0 Å². The Kier molecular flexibility index (Phi) is 7.18. The zero-order valence-corrected chi connectivity index (χ0v) is 17.5. The third-order valence-electron chi connectivity index (χ3n) is 4.29. The molecule has 0 bridgehead atoms. The smallest absolute Gasteiger partial charge is 0.248 e. The summed E-state index contributed by atoms with van der Waals surface area (Å²) in [5.74, 6) is -0.130. The van der Waals surface area contributed by atoms with E-state index in [9.17, 15) is 4.79 Å². The molecule has 5 nitrogen and oxygen atoms in total. The predicted octanol–water partition coefficient (Wildman–Crippen LogP) is 4.82. The van der Waals surface area contributed by atoms with Crippen LogP contribution in [0.2, 0.25) is 15.1 Å². The molecule has 0 aromatic heterocycles. The number of amides is 1. The number of carbonyl (C=O) groups excluding carboxylic acids is 1. The number of methoxy groups -OCH3 is 1. The summed E-state index contributed by atoms with van der Waals surface area (Å²) in [4.78, 5) is 19.7. The molecule has 0 unspecified atom stereocenters. The average Bonchev–Trinajstić information content (AvgIpc) is 3.12. The lowest BCUT2D eigenvalue weighted by Gasteiger charge is -2.25. The van der Waals surface area contributed by atoms with Crippen LogP contribution in [0.15, 0.2) is 47.6 Å². The van der Waals surface area contributed by atoms with Crippen LogP contribution in [0.5, 0.6) is 0 Å². The zero-order chi connectivity index (χ0) is 20.1. The fourth-order valence-electron chi connectivity index (χ4n) is 2.94. The van der Waals surface area contributed by atoms with Gasteiger partial charge in [-0.3, -0.25) is 4.79 Å². The van der Waals surface area contributed by atoms with Crippen molar-refractivity contribution in [3.63, 3.8) is 0 Å². The van der Waals surface area contributed by atoms with E-state index in [2.05, 4.69) is 5.16 Å². The van der Waals surface area contributed by atoms with Crippen LogP contribution in [-0.2, 0) is 20.9 Å². The lowest BCUT2D eigenvalue weighted by molar-refractivity contribution is -0.137. The number of hydrogen-bond acceptors (Lipinski definition) is 4. The van der Waals surface area contributed by atoms with Gasteiger partial charge in [0, 0.05) is 30.7 Å². The molecule has 8 heteroatoms. The van der Waals surface area contributed by atoms with Crippen LogP contribution in [0.4, 0.5) is 0 Å². The number of benzene rings is 2. The van der Waals surface area contributed by atoms with Crippen LogP contribution in [0.1, 0.15) is 17.5 Å². The van der Waals surface area contributed by atoms with Gasteiger partial charge < -0.3 is 14.5 Å². The average molecular weight is 442 g/mol. The SMILES string of the molecule is COCC(=O)N(Cc1cccc(Cl)c1)C[C@@H]1CC(c2ccc(Cl)c(Cl)c2)=NO1. The molecule has 0 radical (unpaired) electrons. The summed E-state index contributed by atoms with van der Waals surface area (Å²) in [5.41, 5.74) is 2.55. The molecule has 0 aliphatic carbocycles. The van der Waals surface area contributed by atoms with Crippen LogP contribution in [0, 0.1) is 0 Å². The second-order valence-corrected chi connectivity index (χ2v) is 7.69. The summed E-state index contributed by atoms with van der Waals surface area (Å²) < 4.78 is 5.01. The van der Waals surface area contributed by atoms with Crippen molar-refractivity contribution in [2.75, 3.05) is 20.3 Å². The molecule has 3 rings (SSSR count). The van der Waals surface area contributed by atoms with Crippen molar-refractivity contribution in [3.05, 3.63) is 68.7 Å². The van der Waals surface area contributed by atoms with Crippen LogP contribution in [0.25, 0.3) is 0 Å². The number of nitrogens with zero attached hydrogens (tertiary/aromatic N) is 2. The van der Waals surface area contributed by atoms with Crippen molar-refractivity contribution in [2.45, 2.75) is 19.1 Å². The van der Waals surface area contributed by atoms with Crippen molar-refractivity contribution >= 4 is 46.4 Å². The summed E-state index contributed by atoms with van der Waals surface area (Å²) in [5, 5.41) is 5.73. The van der Waals surface area contributed by atoms with Gasteiger partial charge in [0.05, 0.1) is 22.3 Å². The molecule has 0 spiro atoms. The van der Waals surface area contributed by atoms with E-state index in [4.69, 9.17) is 44.4 Å². The molecule has 1 aliphatic rings. The minimum absolute atomic E-state index is 0.00616. The predicted molar refractivity (Wildman–Crippen MR) is 111 cm³/mol. The van der Waals surface area contributed by atoms with Crippen molar-refractivity contribution in [3.8, 4) is 0 Å². The number of oxime groups is 1. The molecule has 28 heavy (non-hydrogen) atoms. The van der Waals surface area contributed by atoms with Crippen LogP contribution >= 0.6 is 34.8 Å². The van der Waals surface area contributed by atoms with Crippen LogP contribution < -0.4 is 0 Å². The number of halogens is 3. The Bertz CT molecular complexity index is 889. The molecule has 148 valence electrons. The minimum Gasteiger partial charge on any atom is -0.390 e. The van der Waals surface area contributed by atoms with Gasteiger partial charge >= 0.3 is 0 Å².